The monoisotopic (exact) mass is 342 g/mol. The van der Waals surface area contributed by atoms with Crippen molar-refractivity contribution in [2.24, 2.45) is 0 Å². The molecule has 24 heavy (non-hydrogen) atoms. The van der Waals surface area contributed by atoms with E-state index in [0.29, 0.717) is 22.2 Å². The van der Waals surface area contributed by atoms with Crippen molar-refractivity contribution in [3.63, 3.8) is 0 Å². The Labute approximate surface area is 143 Å². The van der Waals surface area contributed by atoms with Crippen molar-refractivity contribution < 1.29 is 13.9 Å². The van der Waals surface area contributed by atoms with E-state index in [1.807, 2.05) is 6.08 Å². The van der Waals surface area contributed by atoms with Crippen LogP contribution in [-0.4, -0.2) is 13.1 Å². The average molecular weight is 342 g/mol. The van der Waals surface area contributed by atoms with Crippen molar-refractivity contribution in [1.82, 2.24) is 0 Å². The van der Waals surface area contributed by atoms with Gasteiger partial charge in [0.2, 0.25) is 0 Å². The van der Waals surface area contributed by atoms with Crippen molar-refractivity contribution in [1.29, 1.82) is 0 Å². The number of anilines is 2. The van der Waals surface area contributed by atoms with Crippen LogP contribution in [0.2, 0.25) is 0 Å². The van der Waals surface area contributed by atoms with Crippen LogP contribution < -0.4 is 15.0 Å². The summed E-state index contributed by atoms with van der Waals surface area (Å²) in [4.78, 5) is 14.7. The second kappa shape index (κ2) is 6.33. The molecule has 1 N–H and O–H groups in total. The van der Waals surface area contributed by atoms with Crippen molar-refractivity contribution in [3.05, 3.63) is 71.6 Å². The van der Waals surface area contributed by atoms with E-state index in [-0.39, 0.29) is 6.03 Å². The van der Waals surface area contributed by atoms with Crippen molar-refractivity contribution in [2.45, 2.75) is 0 Å². The standard InChI is InChI=1S/C18H15FN2O2S/c1-4-12-8-16-15(23-11(12)2)10-17(24-16)21(3)18(22)20-14-7-5-6-13(19)9-14/h4-10H,1-2H2,3H3,(H,20,22). The van der Waals surface area contributed by atoms with Gasteiger partial charge in [-0.2, -0.15) is 0 Å². The highest BCUT2D eigenvalue weighted by atomic mass is 32.1. The Morgan fingerprint density at radius 1 is 1.42 bits per heavy atom. The van der Waals surface area contributed by atoms with Crippen LogP contribution in [0.4, 0.5) is 19.9 Å². The molecule has 122 valence electrons. The zero-order valence-corrected chi connectivity index (χ0v) is 13.8. The first-order valence-electron chi connectivity index (χ1n) is 7.13. The van der Waals surface area contributed by atoms with Gasteiger partial charge in [0.1, 0.15) is 22.3 Å². The number of urea groups is 1. The molecule has 0 radical (unpaired) electrons. The molecule has 1 aromatic carbocycles. The van der Waals surface area contributed by atoms with Gasteiger partial charge in [0.25, 0.3) is 0 Å². The Bertz CT molecular complexity index is 870. The fraction of sp³-hybridized carbons (Fsp3) is 0.0556. The summed E-state index contributed by atoms with van der Waals surface area (Å²) in [7, 11) is 1.64. The highest BCUT2D eigenvalue weighted by molar-refractivity contribution is 7.17. The van der Waals surface area contributed by atoms with E-state index in [9.17, 15) is 9.18 Å². The predicted octanol–water partition coefficient (Wildman–Crippen LogP) is 5.03. The molecule has 0 saturated carbocycles. The third-order valence-electron chi connectivity index (χ3n) is 3.48. The number of allylic oxidation sites excluding steroid dienone is 1. The molecule has 1 aliphatic heterocycles. The molecule has 0 bridgehead atoms. The molecule has 1 aliphatic rings. The van der Waals surface area contributed by atoms with Crippen molar-refractivity contribution in [3.8, 4) is 5.75 Å². The Balaban J connectivity index is 1.80. The van der Waals surface area contributed by atoms with Gasteiger partial charge in [-0.15, -0.1) is 11.3 Å². The summed E-state index contributed by atoms with van der Waals surface area (Å²) in [6.07, 6.45) is 3.59. The van der Waals surface area contributed by atoms with E-state index in [0.717, 1.165) is 10.5 Å². The number of halogens is 1. The molecule has 0 atom stereocenters. The second-order valence-corrected chi connectivity index (χ2v) is 6.20. The lowest BCUT2D eigenvalue weighted by atomic mass is 10.1. The summed E-state index contributed by atoms with van der Waals surface area (Å²) in [5, 5.41) is 3.35. The highest BCUT2D eigenvalue weighted by Gasteiger charge is 2.21. The summed E-state index contributed by atoms with van der Waals surface area (Å²) in [6.45, 7) is 7.56. The fourth-order valence-corrected chi connectivity index (χ4v) is 3.18. The number of ether oxygens (including phenoxy) is 1. The number of nitrogens with one attached hydrogen (secondary N) is 1. The molecular formula is C18H15FN2O2S. The summed E-state index contributed by atoms with van der Waals surface area (Å²) in [6, 6.07) is 7.15. The van der Waals surface area contributed by atoms with E-state index in [1.54, 1.807) is 25.3 Å². The Morgan fingerprint density at radius 3 is 2.92 bits per heavy atom. The van der Waals surface area contributed by atoms with Crippen LogP contribution >= 0.6 is 11.3 Å². The SMILES string of the molecule is C=CC1=Cc2sc(N(C)C(=O)Nc3cccc(F)c3)cc2OC1=C. The minimum absolute atomic E-state index is 0.369. The van der Waals surface area contributed by atoms with E-state index in [4.69, 9.17) is 4.74 Å². The number of carbonyl (C=O) groups excluding carboxylic acids is 1. The molecule has 1 aromatic heterocycles. The van der Waals surface area contributed by atoms with E-state index in [1.165, 1.54) is 34.4 Å². The van der Waals surface area contributed by atoms with Gasteiger partial charge in [-0.3, -0.25) is 4.90 Å². The van der Waals surface area contributed by atoms with Gasteiger partial charge in [-0.1, -0.05) is 25.3 Å². The Morgan fingerprint density at radius 2 is 2.21 bits per heavy atom. The molecule has 2 aromatic rings. The number of fused-ring (bicyclic) bond motifs is 1. The maximum absolute atomic E-state index is 13.2. The first kappa shape index (κ1) is 16.0. The lowest BCUT2D eigenvalue weighted by Crippen LogP contribution is -2.30. The van der Waals surface area contributed by atoms with E-state index >= 15 is 0 Å². The van der Waals surface area contributed by atoms with Gasteiger partial charge in [-0.25, -0.2) is 9.18 Å². The van der Waals surface area contributed by atoms with Gasteiger partial charge >= 0.3 is 6.03 Å². The van der Waals surface area contributed by atoms with Gasteiger partial charge < -0.3 is 10.1 Å². The number of rotatable bonds is 3. The number of benzene rings is 1. The quantitative estimate of drug-likeness (QED) is 0.850. The summed E-state index contributed by atoms with van der Waals surface area (Å²) >= 11 is 1.41. The first-order chi connectivity index (χ1) is 11.5. The minimum atomic E-state index is -0.406. The Hall–Kier alpha value is -2.86. The molecule has 0 fully saturated rings. The van der Waals surface area contributed by atoms with Crippen LogP contribution in [0.3, 0.4) is 0 Å². The maximum atomic E-state index is 13.2. The van der Waals surface area contributed by atoms with Crippen LogP contribution in [0.1, 0.15) is 4.88 Å². The van der Waals surface area contributed by atoms with Gasteiger partial charge in [0, 0.05) is 24.4 Å². The summed E-state index contributed by atoms with van der Waals surface area (Å²) < 4.78 is 18.8. The number of carbonyl (C=O) groups is 1. The lowest BCUT2D eigenvalue weighted by Gasteiger charge is -2.15. The number of thiophene rings is 1. The van der Waals surface area contributed by atoms with Crippen LogP contribution in [0, 0.1) is 5.82 Å². The second-order valence-electron chi connectivity index (χ2n) is 5.14. The molecule has 2 heterocycles. The lowest BCUT2D eigenvalue weighted by molar-refractivity contribution is 0.258. The van der Waals surface area contributed by atoms with Crippen molar-refractivity contribution >= 4 is 34.1 Å². The molecule has 0 unspecified atom stereocenters. The molecule has 2 amide bonds. The molecule has 4 nitrogen and oxygen atoms in total. The third-order valence-corrected chi connectivity index (χ3v) is 4.62. The smallest absolute Gasteiger partial charge is 0.326 e. The third kappa shape index (κ3) is 3.09. The van der Waals surface area contributed by atoms with Gasteiger partial charge in [0.15, 0.2) is 0 Å². The normalized spacial score (nSPS) is 12.8. The number of nitrogens with zero attached hydrogens (tertiary/aromatic N) is 1. The van der Waals surface area contributed by atoms with Crippen LogP contribution in [-0.2, 0) is 0 Å². The minimum Gasteiger partial charge on any atom is -0.456 e. The van der Waals surface area contributed by atoms with E-state index in [2.05, 4.69) is 18.5 Å². The molecule has 0 spiro atoms. The predicted molar refractivity (Wildman–Crippen MR) is 96.1 cm³/mol. The van der Waals surface area contributed by atoms with E-state index < -0.39 is 5.82 Å². The largest absolute Gasteiger partial charge is 0.456 e. The first-order valence-corrected chi connectivity index (χ1v) is 7.95. The fourth-order valence-electron chi connectivity index (χ4n) is 2.18. The van der Waals surface area contributed by atoms with Crippen LogP contribution in [0.5, 0.6) is 5.75 Å². The van der Waals surface area contributed by atoms with Gasteiger partial charge in [0.05, 0.1) is 4.88 Å². The van der Waals surface area contributed by atoms with Crippen LogP contribution in [0.25, 0.3) is 6.08 Å². The molecule has 0 saturated heterocycles. The number of hydrogen-bond acceptors (Lipinski definition) is 3. The number of hydrogen-bond donors (Lipinski definition) is 1. The highest BCUT2D eigenvalue weighted by Crippen LogP contribution is 2.41. The summed E-state index contributed by atoms with van der Waals surface area (Å²) in [5.41, 5.74) is 1.20. The molecular weight excluding hydrogens is 327 g/mol. The zero-order chi connectivity index (χ0) is 17.3. The van der Waals surface area contributed by atoms with Gasteiger partial charge in [-0.05, 0) is 24.3 Å². The molecule has 6 heteroatoms. The molecule has 3 rings (SSSR count). The van der Waals surface area contributed by atoms with Crippen LogP contribution in [0.15, 0.2) is 60.9 Å². The van der Waals surface area contributed by atoms with Crippen molar-refractivity contribution in [2.75, 3.05) is 17.3 Å². The molecule has 0 aliphatic carbocycles. The topological polar surface area (TPSA) is 41.6 Å². The number of amides is 2. The summed E-state index contributed by atoms with van der Waals surface area (Å²) in [5.74, 6) is 0.765. The average Bonchev–Trinajstić information content (AvgIpc) is 2.95. The maximum Gasteiger partial charge on any atom is 0.326 e. The zero-order valence-electron chi connectivity index (χ0n) is 13.0. The Kier molecular flexibility index (Phi) is 4.22.